The predicted molar refractivity (Wildman–Crippen MR) is 245 cm³/mol. The van der Waals surface area contributed by atoms with Gasteiger partial charge in [-0.25, -0.2) is 9.59 Å². The van der Waals surface area contributed by atoms with Gasteiger partial charge in [0, 0.05) is 31.5 Å². The zero-order valence-electron chi connectivity index (χ0n) is 36.8. The number of hydrogen-bond acceptors (Lipinski definition) is 6. The zero-order valence-corrected chi connectivity index (χ0v) is 37.6. The molecule has 3 N–H and O–H groups in total. The summed E-state index contributed by atoms with van der Waals surface area (Å²) in [4.78, 5) is 27.4. The van der Waals surface area contributed by atoms with Crippen molar-refractivity contribution in [1.29, 1.82) is 0 Å². The molecule has 1 amide bonds. The lowest BCUT2D eigenvalue weighted by atomic mass is 9.94. The Balaban J connectivity index is 1.01. The third-order valence-electron chi connectivity index (χ3n) is 13.0. The maximum atomic E-state index is 14.7. The van der Waals surface area contributed by atoms with E-state index in [0.29, 0.717) is 36.9 Å². The Morgan fingerprint density at radius 2 is 1.38 bits per heavy atom. The van der Waals surface area contributed by atoms with E-state index in [1.54, 1.807) is 11.9 Å². The van der Waals surface area contributed by atoms with Gasteiger partial charge in [-0.15, -0.1) is 4.40 Å². The highest BCUT2D eigenvalue weighted by molar-refractivity contribution is 7.90. The van der Waals surface area contributed by atoms with E-state index in [0.717, 1.165) is 63.1 Å². The van der Waals surface area contributed by atoms with Crippen LogP contribution in [0.2, 0.25) is 0 Å². The highest BCUT2D eigenvalue weighted by Gasteiger charge is 2.37. The summed E-state index contributed by atoms with van der Waals surface area (Å²) in [6.07, 6.45) is 2.50. The van der Waals surface area contributed by atoms with Crippen LogP contribution in [0.5, 0.6) is 5.75 Å². The van der Waals surface area contributed by atoms with Crippen LogP contribution in [0.3, 0.4) is 0 Å². The lowest BCUT2D eigenvalue weighted by molar-refractivity contribution is -0.139. The van der Waals surface area contributed by atoms with Crippen molar-refractivity contribution in [1.82, 2.24) is 15.5 Å². The van der Waals surface area contributed by atoms with Gasteiger partial charge >= 0.3 is 12.1 Å². The number of nitrogens with zero attached hydrogens (tertiary/aromatic N) is 2. The fraction of sp³-hybridized carbons (Fsp3) is 0.353. The molecule has 0 spiro atoms. The summed E-state index contributed by atoms with van der Waals surface area (Å²) in [5.41, 5.74) is 11.2. The molecule has 0 radical (unpaired) electrons. The Labute approximate surface area is 370 Å². The first kappa shape index (κ1) is 43.5. The van der Waals surface area contributed by atoms with Gasteiger partial charge < -0.3 is 30.1 Å². The molecule has 5 aromatic rings. The van der Waals surface area contributed by atoms with Gasteiger partial charge in [-0.2, -0.15) is 8.42 Å². The van der Waals surface area contributed by atoms with Crippen molar-refractivity contribution in [2.75, 3.05) is 20.2 Å². The molecule has 12 heteroatoms. The van der Waals surface area contributed by atoms with Gasteiger partial charge in [-0.3, -0.25) is 0 Å². The minimum atomic E-state index is -4.29. The van der Waals surface area contributed by atoms with Crippen molar-refractivity contribution >= 4 is 28.0 Å². The summed E-state index contributed by atoms with van der Waals surface area (Å²) in [7, 11) is -2.49. The number of hydrogen-bond donors (Lipinski definition) is 3. The Morgan fingerprint density at radius 1 is 0.825 bits per heavy atom. The number of amides is 1. The third kappa shape index (κ3) is 8.78. The second kappa shape index (κ2) is 17.6. The Morgan fingerprint density at radius 3 is 1.97 bits per heavy atom. The third-order valence-corrected chi connectivity index (χ3v) is 14.5. The number of unbranched alkanes of at least 4 members (excludes halogenated alkanes) is 1. The molecule has 5 aromatic carbocycles. The standard InChI is InChI=1S/C51H56N4O7S/c1-31-32(2)47(33(3)42-29-51(4,5)62-46(31)42)63(59,60)54-49(53-45-36-19-9-7-17-34(36)26-27-35-18-8-10-20-37(35)45)55(6)28-16-15-25-44(48(56)57)52-50(58)61-30-43-40-23-13-11-21-38(40)39-22-12-14-24-41(39)43/h7-14,17-24,43-45H,15-16,25-30H2,1-6H3,(H,52,58)(H,53,54)(H,56,57). The monoisotopic (exact) mass is 868 g/mol. The maximum absolute atomic E-state index is 14.7. The summed E-state index contributed by atoms with van der Waals surface area (Å²) in [5.74, 6) is -0.405. The van der Waals surface area contributed by atoms with E-state index < -0.39 is 39.8 Å². The van der Waals surface area contributed by atoms with Gasteiger partial charge in [0.25, 0.3) is 10.0 Å². The van der Waals surface area contributed by atoms with E-state index in [2.05, 4.69) is 51.4 Å². The van der Waals surface area contributed by atoms with Crippen LogP contribution in [0.25, 0.3) is 11.1 Å². The maximum Gasteiger partial charge on any atom is 0.407 e. The van der Waals surface area contributed by atoms with Crippen LogP contribution in [-0.4, -0.2) is 68.3 Å². The van der Waals surface area contributed by atoms with Crippen molar-refractivity contribution in [3.05, 3.63) is 153 Å². The number of alkyl carbamates (subject to hydrolysis) is 1. The predicted octanol–water partition coefficient (Wildman–Crippen LogP) is 8.94. The summed E-state index contributed by atoms with van der Waals surface area (Å²) in [5, 5.41) is 16.3. The molecule has 63 heavy (non-hydrogen) atoms. The van der Waals surface area contributed by atoms with Crippen molar-refractivity contribution in [2.24, 2.45) is 4.40 Å². The topological polar surface area (TPSA) is 147 Å². The largest absolute Gasteiger partial charge is 0.487 e. The Kier molecular flexibility index (Phi) is 12.1. The molecule has 8 rings (SSSR count). The van der Waals surface area contributed by atoms with Crippen LogP contribution in [0.15, 0.2) is 106 Å². The second-order valence-corrected chi connectivity index (χ2v) is 19.2. The summed E-state index contributed by atoms with van der Waals surface area (Å²) < 4.78 is 46.1. The fourth-order valence-electron chi connectivity index (χ4n) is 9.65. The van der Waals surface area contributed by atoms with Crippen LogP contribution in [0.1, 0.15) is 101 Å². The average Bonchev–Trinajstić information content (AvgIpc) is 3.71. The van der Waals surface area contributed by atoms with Gasteiger partial charge in [0.1, 0.15) is 24.0 Å². The zero-order chi connectivity index (χ0) is 44.6. The van der Waals surface area contributed by atoms with E-state index in [1.807, 2.05) is 95.3 Å². The molecule has 2 aliphatic carbocycles. The van der Waals surface area contributed by atoms with Crippen LogP contribution < -0.4 is 15.4 Å². The lowest BCUT2D eigenvalue weighted by Gasteiger charge is -2.29. The first-order chi connectivity index (χ1) is 30.1. The number of sulfonamides is 1. The van der Waals surface area contributed by atoms with E-state index in [9.17, 15) is 23.1 Å². The number of benzene rings is 5. The van der Waals surface area contributed by atoms with E-state index in [-0.39, 0.29) is 29.8 Å². The summed E-state index contributed by atoms with van der Waals surface area (Å²) >= 11 is 0. The van der Waals surface area contributed by atoms with Crippen LogP contribution in [0.4, 0.5) is 4.79 Å². The van der Waals surface area contributed by atoms with Crippen LogP contribution in [0, 0.1) is 20.8 Å². The molecule has 11 nitrogen and oxygen atoms in total. The number of rotatable bonds is 12. The Bertz CT molecular complexity index is 2640. The van der Waals surface area contributed by atoms with Gasteiger partial charge in [-0.1, -0.05) is 97.1 Å². The number of carbonyl (C=O) groups excluding carboxylic acids is 1. The normalized spacial score (nSPS) is 15.7. The van der Waals surface area contributed by atoms with E-state index in [1.165, 1.54) is 11.1 Å². The van der Waals surface area contributed by atoms with Crippen LogP contribution >= 0.6 is 0 Å². The quantitative estimate of drug-likeness (QED) is 0.0636. The lowest BCUT2D eigenvalue weighted by Crippen LogP contribution is -2.43. The number of carbonyl (C=O) groups is 2. The summed E-state index contributed by atoms with van der Waals surface area (Å²) in [6.45, 7) is 9.96. The molecule has 0 bridgehead atoms. The smallest absolute Gasteiger partial charge is 0.407 e. The number of aryl methyl sites for hydroxylation is 2. The van der Waals surface area contributed by atoms with Gasteiger partial charge in [-0.05, 0) is 128 Å². The number of guanidine groups is 1. The number of carboxylic acid groups (broad SMARTS) is 1. The molecule has 328 valence electrons. The number of fused-ring (bicyclic) bond motifs is 6. The minimum Gasteiger partial charge on any atom is -0.487 e. The molecule has 1 aliphatic heterocycles. The minimum absolute atomic E-state index is 0.0702. The number of aliphatic carboxylic acids is 1. The molecule has 0 saturated heterocycles. The molecular weight excluding hydrogens is 813 g/mol. The van der Waals surface area contributed by atoms with Crippen molar-refractivity contribution in [3.63, 3.8) is 0 Å². The molecule has 0 aromatic heterocycles. The first-order valence-corrected chi connectivity index (χ1v) is 23.2. The first-order valence-electron chi connectivity index (χ1n) is 21.8. The van der Waals surface area contributed by atoms with E-state index >= 15 is 0 Å². The Hall–Kier alpha value is -6.14. The molecule has 1 atom stereocenters. The summed E-state index contributed by atoms with van der Waals surface area (Å²) in [6, 6.07) is 30.9. The fourth-order valence-corrected chi connectivity index (χ4v) is 11.2. The van der Waals surface area contributed by atoms with Crippen molar-refractivity contribution in [2.45, 2.75) is 102 Å². The van der Waals surface area contributed by atoms with Gasteiger partial charge in [0.15, 0.2) is 0 Å². The molecule has 1 heterocycles. The second-order valence-electron chi connectivity index (χ2n) is 17.7. The van der Waals surface area contributed by atoms with Crippen molar-refractivity contribution in [3.8, 4) is 16.9 Å². The molecule has 3 aliphatic rings. The number of carboxylic acids is 1. The highest BCUT2D eigenvalue weighted by Crippen LogP contribution is 2.46. The molecular formula is C51H56N4O7S. The number of nitrogens with one attached hydrogen (secondary N) is 2. The highest BCUT2D eigenvalue weighted by atomic mass is 32.2. The molecule has 0 fully saturated rings. The molecule has 0 saturated carbocycles. The van der Waals surface area contributed by atoms with Gasteiger partial charge in [0.05, 0.1) is 10.9 Å². The van der Waals surface area contributed by atoms with Crippen molar-refractivity contribution < 1.29 is 32.6 Å². The van der Waals surface area contributed by atoms with E-state index in [4.69, 9.17) is 9.47 Å². The SMILES string of the molecule is Cc1c(C)c(S(=O)(=O)/N=C(\NC2c3ccccc3CCc3ccccc32)N(C)CCCCC(NC(=O)OCC2c3ccccc3-c3ccccc32)C(=O)O)c(C)c2c1OC(C)(C)C2. The molecule has 1 unspecified atom stereocenters. The van der Waals surface area contributed by atoms with Gasteiger partial charge in [0.2, 0.25) is 5.96 Å². The number of ether oxygens (including phenoxy) is 2. The van der Waals surface area contributed by atoms with Crippen LogP contribution in [-0.2, 0) is 38.8 Å². The average molecular weight is 869 g/mol.